The van der Waals surface area contributed by atoms with Crippen LogP contribution in [0.15, 0.2) is 89.8 Å². The van der Waals surface area contributed by atoms with E-state index >= 15 is 0 Å². The molecule has 0 saturated heterocycles. The van der Waals surface area contributed by atoms with Crippen molar-refractivity contribution in [2.24, 2.45) is 0 Å². The Bertz CT molecular complexity index is 1050. The molecule has 3 aromatic carbocycles. The summed E-state index contributed by atoms with van der Waals surface area (Å²) in [5, 5.41) is 2.73. The zero-order valence-electron chi connectivity index (χ0n) is 16.0. The maximum Gasteiger partial charge on any atom is 0.243 e. The number of amides is 1. The fourth-order valence-electron chi connectivity index (χ4n) is 2.82. The number of ether oxygens (including phenoxy) is 1. The molecule has 0 spiro atoms. The Kier molecular flexibility index (Phi) is 6.64. The van der Waals surface area contributed by atoms with Gasteiger partial charge < -0.3 is 10.1 Å². The molecule has 1 amide bonds. The van der Waals surface area contributed by atoms with Crippen molar-refractivity contribution in [1.29, 1.82) is 0 Å². The summed E-state index contributed by atoms with van der Waals surface area (Å²) in [4.78, 5) is 12.8. The van der Waals surface area contributed by atoms with Crippen LogP contribution in [0.1, 0.15) is 5.56 Å². The number of nitrogens with one attached hydrogen (secondary N) is 1. The van der Waals surface area contributed by atoms with Crippen LogP contribution in [0.5, 0.6) is 5.75 Å². The molecule has 0 unspecified atom stereocenters. The topological polar surface area (TPSA) is 75.7 Å². The number of sulfonamides is 1. The van der Waals surface area contributed by atoms with E-state index in [1.807, 2.05) is 30.3 Å². The van der Waals surface area contributed by atoms with Crippen LogP contribution in [-0.4, -0.2) is 32.3 Å². The highest BCUT2D eigenvalue weighted by molar-refractivity contribution is 7.89. The highest BCUT2D eigenvalue weighted by Crippen LogP contribution is 2.20. The molecule has 0 bridgehead atoms. The highest BCUT2D eigenvalue weighted by atomic mass is 32.2. The van der Waals surface area contributed by atoms with E-state index in [0.29, 0.717) is 11.4 Å². The van der Waals surface area contributed by atoms with Crippen LogP contribution in [0.4, 0.5) is 5.69 Å². The number of benzene rings is 3. The lowest BCUT2D eigenvalue weighted by Gasteiger charge is -2.22. The molecule has 0 aromatic heterocycles. The van der Waals surface area contributed by atoms with Crippen molar-refractivity contribution in [3.63, 3.8) is 0 Å². The molecule has 6 nitrogen and oxygen atoms in total. The molecule has 150 valence electrons. The van der Waals surface area contributed by atoms with Crippen LogP contribution in [0.2, 0.25) is 0 Å². The Morgan fingerprint density at radius 3 is 2.24 bits per heavy atom. The average Bonchev–Trinajstić information content (AvgIpc) is 2.74. The minimum absolute atomic E-state index is 0.0869. The first kappa shape index (κ1) is 20.6. The molecular formula is C22H22N2O4S. The van der Waals surface area contributed by atoms with Crippen LogP contribution in [0.25, 0.3) is 0 Å². The third-order valence-electron chi connectivity index (χ3n) is 4.26. The van der Waals surface area contributed by atoms with E-state index in [4.69, 9.17) is 4.74 Å². The number of carbonyl (C=O) groups excluding carboxylic acids is 1. The predicted molar refractivity (Wildman–Crippen MR) is 112 cm³/mol. The van der Waals surface area contributed by atoms with E-state index in [0.717, 1.165) is 5.56 Å². The summed E-state index contributed by atoms with van der Waals surface area (Å²) >= 11 is 0. The summed E-state index contributed by atoms with van der Waals surface area (Å²) < 4.78 is 32.6. The minimum atomic E-state index is -3.85. The Hall–Kier alpha value is -3.16. The molecule has 0 saturated carbocycles. The summed E-state index contributed by atoms with van der Waals surface area (Å²) in [6.45, 7) is -0.229. The van der Waals surface area contributed by atoms with Gasteiger partial charge in [0.1, 0.15) is 5.75 Å². The fraction of sp³-hybridized carbons (Fsp3) is 0.136. The zero-order chi connectivity index (χ0) is 20.7. The van der Waals surface area contributed by atoms with Gasteiger partial charge in [-0.3, -0.25) is 4.79 Å². The first-order valence-electron chi connectivity index (χ1n) is 9.02. The largest absolute Gasteiger partial charge is 0.497 e. The Morgan fingerprint density at radius 1 is 0.931 bits per heavy atom. The van der Waals surface area contributed by atoms with Gasteiger partial charge in [0.2, 0.25) is 15.9 Å². The molecule has 0 radical (unpaired) electrons. The van der Waals surface area contributed by atoms with Crippen molar-refractivity contribution in [3.05, 3.63) is 90.5 Å². The molecule has 1 N–H and O–H groups in total. The maximum absolute atomic E-state index is 13.2. The van der Waals surface area contributed by atoms with Crippen molar-refractivity contribution in [2.45, 2.75) is 11.4 Å². The first-order valence-corrected chi connectivity index (χ1v) is 10.5. The van der Waals surface area contributed by atoms with Gasteiger partial charge in [-0.15, -0.1) is 0 Å². The molecule has 0 heterocycles. The van der Waals surface area contributed by atoms with Gasteiger partial charge in [-0.2, -0.15) is 4.31 Å². The Balaban J connectivity index is 1.83. The monoisotopic (exact) mass is 410 g/mol. The molecule has 0 atom stereocenters. The normalized spacial score (nSPS) is 11.2. The summed E-state index contributed by atoms with van der Waals surface area (Å²) in [5.41, 5.74) is 1.33. The van der Waals surface area contributed by atoms with Gasteiger partial charge >= 0.3 is 0 Å². The number of rotatable bonds is 8. The number of carbonyl (C=O) groups is 1. The van der Waals surface area contributed by atoms with Crippen LogP contribution in [0, 0.1) is 0 Å². The smallest absolute Gasteiger partial charge is 0.243 e. The number of methoxy groups -OCH3 is 1. The Labute approximate surface area is 170 Å². The predicted octanol–water partition coefficient (Wildman–Crippen LogP) is 3.52. The van der Waals surface area contributed by atoms with Gasteiger partial charge in [-0.1, -0.05) is 54.6 Å². The summed E-state index contributed by atoms with van der Waals surface area (Å²) in [7, 11) is -2.31. The highest BCUT2D eigenvalue weighted by Gasteiger charge is 2.26. The van der Waals surface area contributed by atoms with Crippen molar-refractivity contribution >= 4 is 21.6 Å². The van der Waals surface area contributed by atoms with Crippen molar-refractivity contribution < 1.29 is 17.9 Å². The van der Waals surface area contributed by atoms with E-state index < -0.39 is 15.9 Å². The molecule has 0 aliphatic rings. The first-order chi connectivity index (χ1) is 14.0. The maximum atomic E-state index is 13.2. The molecule has 3 aromatic rings. The lowest BCUT2D eigenvalue weighted by molar-refractivity contribution is -0.116. The third kappa shape index (κ3) is 5.43. The molecule has 3 rings (SSSR count). The van der Waals surface area contributed by atoms with Gasteiger partial charge in [0.05, 0.1) is 18.6 Å². The number of anilines is 1. The Morgan fingerprint density at radius 2 is 1.59 bits per heavy atom. The van der Waals surface area contributed by atoms with Gasteiger partial charge in [-0.05, 0) is 29.8 Å². The number of nitrogens with zero attached hydrogens (tertiary/aromatic N) is 1. The molecule has 0 aliphatic carbocycles. The van der Waals surface area contributed by atoms with Crippen molar-refractivity contribution in [1.82, 2.24) is 4.31 Å². The second kappa shape index (κ2) is 9.36. The van der Waals surface area contributed by atoms with Gasteiger partial charge in [0, 0.05) is 18.3 Å². The molecule has 0 fully saturated rings. The summed E-state index contributed by atoms with van der Waals surface area (Å²) in [5.74, 6) is 0.162. The van der Waals surface area contributed by atoms with E-state index in [1.54, 1.807) is 42.5 Å². The SMILES string of the molecule is COc1cccc(NC(=O)CN(Cc2ccccc2)S(=O)(=O)c2ccccc2)c1. The van der Waals surface area contributed by atoms with Gasteiger partial charge in [0.15, 0.2) is 0 Å². The molecule has 29 heavy (non-hydrogen) atoms. The quantitative estimate of drug-likeness (QED) is 0.616. The van der Waals surface area contributed by atoms with Crippen LogP contribution in [-0.2, 0) is 21.4 Å². The van der Waals surface area contributed by atoms with E-state index in [2.05, 4.69) is 5.32 Å². The van der Waals surface area contributed by atoms with E-state index in [-0.39, 0.29) is 18.0 Å². The number of hydrogen-bond acceptors (Lipinski definition) is 4. The standard InChI is InChI=1S/C22H22N2O4S/c1-28-20-12-8-11-19(15-20)23-22(25)17-24(16-18-9-4-2-5-10-18)29(26,27)21-13-6-3-7-14-21/h2-15H,16-17H2,1H3,(H,23,25). The van der Waals surface area contributed by atoms with Crippen LogP contribution >= 0.6 is 0 Å². The second-order valence-corrected chi connectivity index (χ2v) is 8.29. The second-order valence-electron chi connectivity index (χ2n) is 6.35. The molecule has 0 aliphatic heterocycles. The van der Waals surface area contributed by atoms with Gasteiger partial charge in [-0.25, -0.2) is 8.42 Å². The molecule has 7 heteroatoms. The van der Waals surface area contributed by atoms with Crippen LogP contribution in [0.3, 0.4) is 0 Å². The molecular weight excluding hydrogens is 388 g/mol. The average molecular weight is 410 g/mol. The third-order valence-corrected chi connectivity index (χ3v) is 6.06. The number of hydrogen-bond donors (Lipinski definition) is 1. The van der Waals surface area contributed by atoms with Crippen molar-refractivity contribution in [3.8, 4) is 5.75 Å². The minimum Gasteiger partial charge on any atom is -0.497 e. The lowest BCUT2D eigenvalue weighted by Crippen LogP contribution is -2.37. The fourth-order valence-corrected chi connectivity index (χ4v) is 4.22. The summed E-state index contributed by atoms with van der Waals surface area (Å²) in [6.07, 6.45) is 0. The summed E-state index contributed by atoms with van der Waals surface area (Å²) in [6, 6.07) is 24.2. The van der Waals surface area contributed by atoms with Gasteiger partial charge in [0.25, 0.3) is 0 Å². The van der Waals surface area contributed by atoms with Crippen molar-refractivity contribution in [2.75, 3.05) is 19.0 Å². The van der Waals surface area contributed by atoms with E-state index in [9.17, 15) is 13.2 Å². The van der Waals surface area contributed by atoms with E-state index in [1.165, 1.54) is 23.5 Å². The zero-order valence-corrected chi connectivity index (χ0v) is 16.8. The lowest BCUT2D eigenvalue weighted by atomic mass is 10.2. The van der Waals surface area contributed by atoms with Crippen LogP contribution < -0.4 is 10.1 Å².